The van der Waals surface area contributed by atoms with Gasteiger partial charge < -0.3 is 20.1 Å². The number of amides is 1. The first-order chi connectivity index (χ1) is 13.7. The van der Waals surface area contributed by atoms with Crippen molar-refractivity contribution < 1.29 is 14.3 Å². The second kappa shape index (κ2) is 7.96. The smallest absolute Gasteiger partial charge is 0.270 e. The fraction of sp³-hybridized carbons (Fsp3) is 0.190. The molecular weight excluding hydrogens is 356 g/mol. The zero-order chi connectivity index (χ0) is 19.3. The molecule has 3 aromatic rings. The third-order valence-electron chi connectivity index (χ3n) is 4.27. The molecule has 0 saturated carbocycles. The largest absolute Gasteiger partial charge is 0.454 e. The third kappa shape index (κ3) is 4.20. The van der Waals surface area contributed by atoms with Gasteiger partial charge >= 0.3 is 0 Å². The highest BCUT2D eigenvalue weighted by Crippen LogP contribution is 2.32. The van der Waals surface area contributed by atoms with E-state index in [1.54, 1.807) is 6.07 Å². The third-order valence-corrected chi connectivity index (χ3v) is 4.27. The molecule has 0 atom stereocenters. The Bertz CT molecular complexity index is 992. The van der Waals surface area contributed by atoms with Crippen LogP contribution in [-0.4, -0.2) is 22.7 Å². The molecule has 0 aliphatic carbocycles. The van der Waals surface area contributed by atoms with E-state index >= 15 is 0 Å². The number of aromatic nitrogens is 2. The molecule has 0 fully saturated rings. The summed E-state index contributed by atoms with van der Waals surface area (Å²) in [7, 11) is 0. The molecule has 28 heavy (non-hydrogen) atoms. The number of nitrogens with one attached hydrogen (secondary N) is 2. The number of hydrogen-bond donors (Lipinski definition) is 2. The summed E-state index contributed by atoms with van der Waals surface area (Å²) < 4.78 is 10.7. The van der Waals surface area contributed by atoms with Gasteiger partial charge in [-0.3, -0.25) is 4.79 Å². The molecule has 4 rings (SSSR count). The molecule has 2 aromatic carbocycles. The van der Waals surface area contributed by atoms with Crippen molar-refractivity contribution in [2.75, 3.05) is 12.1 Å². The van der Waals surface area contributed by atoms with E-state index in [0.717, 1.165) is 22.6 Å². The predicted molar refractivity (Wildman–Crippen MR) is 104 cm³/mol. The molecule has 0 saturated heterocycles. The SMILES string of the molecule is Cc1cc(C(=O)NCc2ccccc2)nc(NCc2ccc3c(c2)OCO3)n1. The average Bonchev–Trinajstić information content (AvgIpc) is 3.19. The Morgan fingerprint density at radius 1 is 0.964 bits per heavy atom. The number of ether oxygens (including phenoxy) is 2. The lowest BCUT2D eigenvalue weighted by molar-refractivity contribution is 0.0945. The molecule has 0 unspecified atom stereocenters. The van der Waals surface area contributed by atoms with Crippen molar-refractivity contribution in [3.8, 4) is 11.5 Å². The summed E-state index contributed by atoms with van der Waals surface area (Å²) in [5, 5.41) is 6.05. The minimum Gasteiger partial charge on any atom is -0.454 e. The zero-order valence-electron chi connectivity index (χ0n) is 15.4. The minimum absolute atomic E-state index is 0.236. The van der Waals surface area contributed by atoms with Crippen LogP contribution < -0.4 is 20.1 Å². The van der Waals surface area contributed by atoms with Crippen LogP contribution in [0.5, 0.6) is 11.5 Å². The average molecular weight is 376 g/mol. The van der Waals surface area contributed by atoms with E-state index in [1.807, 2.05) is 55.5 Å². The van der Waals surface area contributed by atoms with Crippen LogP contribution in [0.3, 0.4) is 0 Å². The summed E-state index contributed by atoms with van der Waals surface area (Å²) in [6, 6.07) is 17.2. The van der Waals surface area contributed by atoms with Gasteiger partial charge in [0.2, 0.25) is 12.7 Å². The van der Waals surface area contributed by atoms with E-state index in [0.29, 0.717) is 30.4 Å². The Balaban J connectivity index is 1.41. The molecule has 1 amide bonds. The molecule has 142 valence electrons. The summed E-state index contributed by atoms with van der Waals surface area (Å²) >= 11 is 0. The van der Waals surface area contributed by atoms with Crippen molar-refractivity contribution >= 4 is 11.9 Å². The van der Waals surface area contributed by atoms with Crippen LogP contribution in [-0.2, 0) is 13.1 Å². The summed E-state index contributed by atoms with van der Waals surface area (Å²) in [5.74, 6) is 1.64. The highest BCUT2D eigenvalue weighted by molar-refractivity contribution is 5.92. The molecule has 7 nitrogen and oxygen atoms in total. The molecule has 2 heterocycles. The number of rotatable bonds is 6. The Kier molecular flexibility index (Phi) is 5.05. The monoisotopic (exact) mass is 376 g/mol. The van der Waals surface area contributed by atoms with Crippen molar-refractivity contribution in [2.24, 2.45) is 0 Å². The molecule has 1 aliphatic rings. The van der Waals surface area contributed by atoms with Gasteiger partial charge in [0.1, 0.15) is 5.69 Å². The molecule has 1 aromatic heterocycles. The fourth-order valence-corrected chi connectivity index (χ4v) is 2.86. The molecule has 1 aliphatic heterocycles. The fourth-order valence-electron chi connectivity index (χ4n) is 2.86. The maximum atomic E-state index is 12.5. The summed E-state index contributed by atoms with van der Waals surface area (Å²) in [6.45, 7) is 3.03. The first kappa shape index (κ1) is 17.8. The van der Waals surface area contributed by atoms with Crippen LogP contribution in [0.15, 0.2) is 54.6 Å². The first-order valence-corrected chi connectivity index (χ1v) is 8.97. The summed E-state index contributed by atoms with van der Waals surface area (Å²) in [4.78, 5) is 21.2. The maximum Gasteiger partial charge on any atom is 0.270 e. The van der Waals surface area contributed by atoms with Crippen molar-refractivity contribution in [1.82, 2.24) is 15.3 Å². The standard InChI is InChI=1S/C21H20N4O3/c1-14-9-17(20(26)22-11-15-5-3-2-4-6-15)25-21(24-14)23-12-16-7-8-18-19(10-16)28-13-27-18/h2-10H,11-13H2,1H3,(H,22,26)(H,23,24,25). The van der Waals surface area contributed by atoms with Crippen LogP contribution in [0, 0.1) is 6.92 Å². The van der Waals surface area contributed by atoms with Gasteiger partial charge in [0.25, 0.3) is 5.91 Å². The molecule has 2 N–H and O–H groups in total. The van der Waals surface area contributed by atoms with E-state index in [1.165, 1.54) is 0 Å². The van der Waals surface area contributed by atoms with Gasteiger partial charge in [-0.25, -0.2) is 9.97 Å². The number of anilines is 1. The van der Waals surface area contributed by atoms with Crippen molar-refractivity contribution in [1.29, 1.82) is 0 Å². The molecule has 7 heteroatoms. The van der Waals surface area contributed by atoms with Gasteiger partial charge in [0.05, 0.1) is 0 Å². The van der Waals surface area contributed by atoms with Crippen molar-refractivity contribution in [3.05, 3.63) is 77.1 Å². The Labute approximate surface area is 162 Å². The van der Waals surface area contributed by atoms with Crippen LogP contribution >= 0.6 is 0 Å². The van der Waals surface area contributed by atoms with Gasteiger partial charge in [-0.1, -0.05) is 36.4 Å². The van der Waals surface area contributed by atoms with Gasteiger partial charge in [0.15, 0.2) is 11.5 Å². The summed E-state index contributed by atoms with van der Waals surface area (Å²) in [5.41, 5.74) is 3.08. The van der Waals surface area contributed by atoms with E-state index in [4.69, 9.17) is 9.47 Å². The number of fused-ring (bicyclic) bond motifs is 1. The van der Waals surface area contributed by atoms with Crippen molar-refractivity contribution in [2.45, 2.75) is 20.0 Å². The number of carbonyl (C=O) groups is 1. The van der Waals surface area contributed by atoms with Crippen LogP contribution in [0.4, 0.5) is 5.95 Å². The second-order valence-electron chi connectivity index (χ2n) is 6.43. The molecule has 0 bridgehead atoms. The number of aryl methyl sites for hydroxylation is 1. The minimum atomic E-state index is -0.236. The van der Waals surface area contributed by atoms with Crippen LogP contribution in [0.1, 0.15) is 27.3 Å². The van der Waals surface area contributed by atoms with Gasteiger partial charge in [-0.2, -0.15) is 0 Å². The molecule has 0 spiro atoms. The van der Waals surface area contributed by atoms with E-state index < -0.39 is 0 Å². The Morgan fingerprint density at radius 2 is 1.79 bits per heavy atom. The van der Waals surface area contributed by atoms with Crippen LogP contribution in [0.25, 0.3) is 0 Å². The molecule has 0 radical (unpaired) electrons. The van der Waals surface area contributed by atoms with Crippen molar-refractivity contribution in [3.63, 3.8) is 0 Å². The number of benzene rings is 2. The molecular formula is C21H20N4O3. The predicted octanol–water partition coefficient (Wildman–Crippen LogP) is 3.06. The topological polar surface area (TPSA) is 85.4 Å². The highest BCUT2D eigenvalue weighted by Gasteiger charge is 2.14. The van der Waals surface area contributed by atoms with Gasteiger partial charge in [-0.15, -0.1) is 0 Å². The van der Waals surface area contributed by atoms with Gasteiger partial charge in [-0.05, 0) is 36.2 Å². The number of carbonyl (C=O) groups excluding carboxylic acids is 1. The number of hydrogen-bond acceptors (Lipinski definition) is 6. The highest BCUT2D eigenvalue weighted by atomic mass is 16.7. The number of nitrogens with zero attached hydrogens (tertiary/aromatic N) is 2. The van der Waals surface area contributed by atoms with E-state index in [2.05, 4.69) is 20.6 Å². The zero-order valence-corrected chi connectivity index (χ0v) is 15.4. The quantitative estimate of drug-likeness (QED) is 0.688. The normalized spacial score (nSPS) is 11.9. The Hall–Kier alpha value is -3.61. The lowest BCUT2D eigenvalue weighted by Crippen LogP contribution is -2.24. The Morgan fingerprint density at radius 3 is 2.64 bits per heavy atom. The van der Waals surface area contributed by atoms with Crippen LogP contribution in [0.2, 0.25) is 0 Å². The first-order valence-electron chi connectivity index (χ1n) is 8.97. The summed E-state index contributed by atoms with van der Waals surface area (Å²) in [6.07, 6.45) is 0. The lowest BCUT2D eigenvalue weighted by Gasteiger charge is -2.09. The maximum absolute atomic E-state index is 12.5. The van der Waals surface area contributed by atoms with Gasteiger partial charge in [0, 0.05) is 18.8 Å². The second-order valence-corrected chi connectivity index (χ2v) is 6.43. The van der Waals surface area contributed by atoms with E-state index in [-0.39, 0.29) is 12.7 Å². The van der Waals surface area contributed by atoms with E-state index in [9.17, 15) is 4.79 Å². The lowest BCUT2D eigenvalue weighted by atomic mass is 10.2.